The van der Waals surface area contributed by atoms with E-state index in [-0.39, 0.29) is 0 Å². The highest BCUT2D eigenvalue weighted by Crippen LogP contribution is 2.25. The van der Waals surface area contributed by atoms with E-state index in [0.717, 1.165) is 26.1 Å². The van der Waals surface area contributed by atoms with Gasteiger partial charge in [0.05, 0.1) is 0 Å². The molecule has 98 valence electrons. The molecule has 0 saturated heterocycles. The third-order valence-electron chi connectivity index (χ3n) is 3.84. The van der Waals surface area contributed by atoms with Crippen molar-refractivity contribution >= 4 is 5.69 Å². The lowest BCUT2D eigenvalue weighted by molar-refractivity contribution is 0.288. The van der Waals surface area contributed by atoms with Gasteiger partial charge in [-0.1, -0.05) is 36.4 Å². The fraction of sp³-hybridized carbons (Fsp3) is 0.294. The first-order valence-electron chi connectivity index (χ1n) is 6.91. The molecule has 2 heteroatoms. The molecule has 0 unspecified atom stereocenters. The third kappa shape index (κ3) is 2.79. The van der Waals surface area contributed by atoms with Crippen molar-refractivity contribution in [3.05, 3.63) is 65.2 Å². The average Bonchev–Trinajstić information content (AvgIpc) is 2.88. The maximum absolute atomic E-state index is 3.21. The summed E-state index contributed by atoms with van der Waals surface area (Å²) in [5, 5.41) is 3.21. The van der Waals surface area contributed by atoms with E-state index in [1.54, 1.807) is 0 Å². The van der Waals surface area contributed by atoms with Gasteiger partial charge in [-0.2, -0.15) is 0 Å². The van der Waals surface area contributed by atoms with E-state index in [9.17, 15) is 0 Å². The van der Waals surface area contributed by atoms with Crippen LogP contribution in [0.5, 0.6) is 0 Å². The summed E-state index contributed by atoms with van der Waals surface area (Å²) < 4.78 is 0. The number of rotatable bonds is 4. The van der Waals surface area contributed by atoms with Crippen LogP contribution in [0, 0.1) is 0 Å². The Labute approximate surface area is 115 Å². The van der Waals surface area contributed by atoms with E-state index < -0.39 is 0 Å². The van der Waals surface area contributed by atoms with Gasteiger partial charge in [-0.3, -0.25) is 4.90 Å². The van der Waals surface area contributed by atoms with E-state index in [0.29, 0.717) is 0 Å². The Morgan fingerprint density at radius 2 is 1.79 bits per heavy atom. The first kappa shape index (κ1) is 12.2. The lowest BCUT2D eigenvalue weighted by Gasteiger charge is -2.14. The second-order valence-corrected chi connectivity index (χ2v) is 5.18. The average molecular weight is 252 g/mol. The molecule has 0 aliphatic carbocycles. The van der Waals surface area contributed by atoms with Gasteiger partial charge < -0.3 is 5.32 Å². The maximum atomic E-state index is 3.21. The van der Waals surface area contributed by atoms with Crippen LogP contribution in [-0.4, -0.2) is 18.5 Å². The van der Waals surface area contributed by atoms with Crippen molar-refractivity contribution in [3.8, 4) is 0 Å². The summed E-state index contributed by atoms with van der Waals surface area (Å²) in [7, 11) is 1.98. The summed E-state index contributed by atoms with van der Waals surface area (Å²) >= 11 is 0. The van der Waals surface area contributed by atoms with Crippen LogP contribution in [-0.2, 0) is 19.5 Å². The van der Waals surface area contributed by atoms with Gasteiger partial charge in [0.25, 0.3) is 0 Å². The van der Waals surface area contributed by atoms with Crippen LogP contribution in [0.3, 0.4) is 0 Å². The molecule has 0 saturated carbocycles. The molecule has 0 amide bonds. The van der Waals surface area contributed by atoms with Crippen LogP contribution in [0.15, 0.2) is 48.5 Å². The molecule has 0 bridgehead atoms. The number of nitrogens with zero attached hydrogens (tertiary/aromatic N) is 1. The molecule has 0 atom stereocenters. The van der Waals surface area contributed by atoms with Crippen LogP contribution >= 0.6 is 0 Å². The zero-order valence-corrected chi connectivity index (χ0v) is 11.4. The Morgan fingerprint density at radius 1 is 1.00 bits per heavy atom. The van der Waals surface area contributed by atoms with E-state index in [2.05, 4.69) is 58.7 Å². The Bertz CT molecular complexity index is 548. The zero-order valence-electron chi connectivity index (χ0n) is 11.4. The molecular weight excluding hydrogens is 232 g/mol. The van der Waals surface area contributed by atoms with Crippen molar-refractivity contribution in [1.29, 1.82) is 0 Å². The molecule has 1 heterocycles. The van der Waals surface area contributed by atoms with Gasteiger partial charge in [-0.05, 0) is 35.2 Å². The van der Waals surface area contributed by atoms with Crippen molar-refractivity contribution < 1.29 is 0 Å². The number of anilines is 1. The molecule has 1 N–H and O–H groups in total. The molecule has 0 radical (unpaired) electrons. The maximum Gasteiger partial charge on any atom is 0.0341 e. The molecule has 0 spiro atoms. The summed E-state index contributed by atoms with van der Waals surface area (Å²) in [6.07, 6.45) is 1.13. The van der Waals surface area contributed by atoms with Crippen LogP contribution < -0.4 is 5.32 Å². The normalized spacial score (nSPS) is 14.4. The highest BCUT2D eigenvalue weighted by Gasteiger charge is 2.18. The van der Waals surface area contributed by atoms with Gasteiger partial charge in [0.2, 0.25) is 0 Å². The standard InChI is InChI=1S/C17H20N2/c1-18-17-8-7-15-12-19(13-16(15)11-17)10-9-14-5-3-2-4-6-14/h2-8,11,18H,9-10,12-13H2,1H3. The molecule has 1 aliphatic heterocycles. The van der Waals surface area contributed by atoms with Gasteiger partial charge in [-0.15, -0.1) is 0 Å². The van der Waals surface area contributed by atoms with Crippen molar-refractivity contribution in [2.45, 2.75) is 19.5 Å². The van der Waals surface area contributed by atoms with Gasteiger partial charge in [-0.25, -0.2) is 0 Å². The predicted octanol–water partition coefficient (Wildman–Crippen LogP) is 3.29. The molecule has 3 rings (SSSR count). The molecule has 19 heavy (non-hydrogen) atoms. The first-order valence-corrected chi connectivity index (χ1v) is 6.91. The summed E-state index contributed by atoms with van der Waals surface area (Å²) in [6.45, 7) is 3.30. The monoisotopic (exact) mass is 252 g/mol. The topological polar surface area (TPSA) is 15.3 Å². The van der Waals surface area contributed by atoms with E-state index in [1.165, 1.54) is 22.4 Å². The molecule has 2 aromatic carbocycles. The fourth-order valence-corrected chi connectivity index (χ4v) is 2.71. The van der Waals surface area contributed by atoms with Crippen LogP contribution in [0.25, 0.3) is 0 Å². The highest BCUT2D eigenvalue weighted by atomic mass is 15.1. The first-order chi connectivity index (χ1) is 9.35. The third-order valence-corrected chi connectivity index (χ3v) is 3.84. The van der Waals surface area contributed by atoms with Crippen molar-refractivity contribution in [3.63, 3.8) is 0 Å². The van der Waals surface area contributed by atoms with Crippen molar-refractivity contribution in [1.82, 2.24) is 4.90 Å². The number of fused-ring (bicyclic) bond motifs is 1. The smallest absolute Gasteiger partial charge is 0.0341 e. The number of benzene rings is 2. The van der Waals surface area contributed by atoms with Crippen molar-refractivity contribution in [2.75, 3.05) is 18.9 Å². The molecule has 0 fully saturated rings. The van der Waals surface area contributed by atoms with Crippen LogP contribution in [0.1, 0.15) is 16.7 Å². The SMILES string of the molecule is CNc1ccc2c(c1)CN(CCc1ccccc1)C2. The van der Waals surface area contributed by atoms with Gasteiger partial charge in [0.15, 0.2) is 0 Å². The minimum atomic E-state index is 1.08. The quantitative estimate of drug-likeness (QED) is 0.898. The Balaban J connectivity index is 1.61. The van der Waals surface area contributed by atoms with Gasteiger partial charge in [0, 0.05) is 32.4 Å². The lowest BCUT2D eigenvalue weighted by Crippen LogP contribution is -2.19. The summed E-state index contributed by atoms with van der Waals surface area (Å²) in [6, 6.07) is 17.4. The second kappa shape index (κ2) is 5.45. The molecular formula is C17H20N2. The number of hydrogen-bond donors (Lipinski definition) is 1. The Morgan fingerprint density at radius 3 is 2.58 bits per heavy atom. The van der Waals surface area contributed by atoms with E-state index in [4.69, 9.17) is 0 Å². The molecule has 2 nitrogen and oxygen atoms in total. The molecule has 1 aliphatic rings. The van der Waals surface area contributed by atoms with Crippen LogP contribution in [0.4, 0.5) is 5.69 Å². The number of nitrogens with one attached hydrogen (secondary N) is 1. The van der Waals surface area contributed by atoms with E-state index in [1.807, 2.05) is 7.05 Å². The summed E-state index contributed by atoms with van der Waals surface area (Å²) in [4.78, 5) is 2.52. The predicted molar refractivity (Wildman–Crippen MR) is 80.2 cm³/mol. The molecule has 0 aromatic heterocycles. The Hall–Kier alpha value is -1.80. The fourth-order valence-electron chi connectivity index (χ4n) is 2.71. The van der Waals surface area contributed by atoms with Gasteiger partial charge in [0.1, 0.15) is 0 Å². The zero-order chi connectivity index (χ0) is 13.1. The summed E-state index contributed by atoms with van der Waals surface area (Å²) in [5.74, 6) is 0. The Kier molecular flexibility index (Phi) is 3.51. The van der Waals surface area contributed by atoms with Crippen molar-refractivity contribution in [2.24, 2.45) is 0 Å². The highest BCUT2D eigenvalue weighted by molar-refractivity contribution is 5.49. The summed E-state index contributed by atoms with van der Waals surface area (Å²) in [5.41, 5.74) is 5.59. The van der Waals surface area contributed by atoms with E-state index >= 15 is 0 Å². The van der Waals surface area contributed by atoms with Crippen LogP contribution in [0.2, 0.25) is 0 Å². The minimum Gasteiger partial charge on any atom is -0.388 e. The minimum absolute atomic E-state index is 1.08. The lowest BCUT2D eigenvalue weighted by atomic mass is 10.1. The second-order valence-electron chi connectivity index (χ2n) is 5.18. The largest absolute Gasteiger partial charge is 0.388 e. The number of hydrogen-bond acceptors (Lipinski definition) is 2. The molecule has 2 aromatic rings. The van der Waals surface area contributed by atoms with Gasteiger partial charge >= 0.3 is 0 Å².